The van der Waals surface area contributed by atoms with Crippen molar-refractivity contribution in [3.05, 3.63) is 34.1 Å². The molecule has 1 unspecified atom stereocenters. The molecular weight excluding hydrogens is 306 g/mol. The summed E-state index contributed by atoms with van der Waals surface area (Å²) in [5.74, 6) is 1.75. The lowest BCUT2D eigenvalue weighted by Gasteiger charge is -2.18. The smallest absolute Gasteiger partial charge is 0.231 e. The molecule has 3 rings (SSSR count). The van der Waals surface area contributed by atoms with E-state index in [0.717, 1.165) is 41.9 Å². The lowest BCUT2D eigenvalue weighted by Crippen LogP contribution is -2.28. The monoisotopic (exact) mass is 321 g/mol. The van der Waals surface area contributed by atoms with Gasteiger partial charge >= 0.3 is 0 Å². The van der Waals surface area contributed by atoms with E-state index >= 15 is 0 Å². The van der Waals surface area contributed by atoms with Crippen LogP contribution < -0.4 is 5.32 Å². The van der Waals surface area contributed by atoms with Crippen LogP contribution in [0.1, 0.15) is 30.2 Å². The van der Waals surface area contributed by atoms with E-state index in [9.17, 15) is 0 Å². The lowest BCUT2D eigenvalue weighted by atomic mass is 10.00. The Balaban J connectivity index is 1.87. The van der Waals surface area contributed by atoms with Crippen molar-refractivity contribution in [2.45, 2.75) is 25.7 Å². The summed E-state index contributed by atoms with van der Waals surface area (Å²) in [7, 11) is 0. The third-order valence-electron chi connectivity index (χ3n) is 3.45. The number of aryl methyl sites for hydroxylation is 1. The van der Waals surface area contributed by atoms with Crippen LogP contribution in [-0.2, 0) is 0 Å². The highest BCUT2D eigenvalue weighted by molar-refractivity contribution is 9.10. The SMILES string of the molecule is Cc1ccc(-c2noc(C3CCCNC3)n2)c(Br)c1. The number of halogens is 1. The first kappa shape index (κ1) is 12.8. The molecule has 0 aliphatic carbocycles. The zero-order valence-corrected chi connectivity index (χ0v) is 12.4. The summed E-state index contributed by atoms with van der Waals surface area (Å²) in [6.07, 6.45) is 2.28. The van der Waals surface area contributed by atoms with Crippen molar-refractivity contribution in [3.8, 4) is 11.4 Å². The predicted molar refractivity (Wildman–Crippen MR) is 77.0 cm³/mol. The quantitative estimate of drug-likeness (QED) is 0.922. The second kappa shape index (κ2) is 5.43. The molecule has 5 heteroatoms. The summed E-state index contributed by atoms with van der Waals surface area (Å²) in [4.78, 5) is 4.55. The van der Waals surface area contributed by atoms with Gasteiger partial charge in [0.1, 0.15) is 0 Å². The molecule has 1 saturated heterocycles. The lowest BCUT2D eigenvalue weighted by molar-refractivity contribution is 0.322. The molecule has 19 heavy (non-hydrogen) atoms. The maximum Gasteiger partial charge on any atom is 0.231 e. The fraction of sp³-hybridized carbons (Fsp3) is 0.429. The minimum atomic E-state index is 0.347. The number of nitrogens with zero attached hydrogens (tertiary/aromatic N) is 2. The number of piperidine rings is 1. The molecule has 0 radical (unpaired) electrons. The van der Waals surface area contributed by atoms with Gasteiger partial charge in [-0.25, -0.2) is 0 Å². The largest absolute Gasteiger partial charge is 0.339 e. The minimum absolute atomic E-state index is 0.347. The summed E-state index contributed by atoms with van der Waals surface area (Å²) in [6.45, 7) is 4.07. The van der Waals surface area contributed by atoms with E-state index in [1.54, 1.807) is 0 Å². The topological polar surface area (TPSA) is 51.0 Å². The molecule has 4 nitrogen and oxygen atoms in total. The van der Waals surface area contributed by atoms with Crippen molar-refractivity contribution in [1.29, 1.82) is 0 Å². The first-order chi connectivity index (χ1) is 9.24. The zero-order valence-electron chi connectivity index (χ0n) is 10.8. The Morgan fingerprint density at radius 2 is 2.32 bits per heavy atom. The van der Waals surface area contributed by atoms with Crippen LogP contribution in [-0.4, -0.2) is 23.2 Å². The Morgan fingerprint density at radius 1 is 1.42 bits per heavy atom. The van der Waals surface area contributed by atoms with Crippen molar-refractivity contribution >= 4 is 15.9 Å². The first-order valence-electron chi connectivity index (χ1n) is 6.55. The van der Waals surface area contributed by atoms with Gasteiger partial charge in [0.25, 0.3) is 0 Å². The molecule has 1 aliphatic heterocycles. The van der Waals surface area contributed by atoms with E-state index in [1.165, 1.54) is 5.56 Å². The Hall–Kier alpha value is -1.20. The number of hydrogen-bond donors (Lipinski definition) is 1. The molecule has 0 amide bonds. The standard InChI is InChI=1S/C14H16BrN3O/c1-9-4-5-11(12(15)7-9)13-17-14(19-18-13)10-3-2-6-16-8-10/h4-5,7,10,16H,2-3,6,8H2,1H3. The maximum atomic E-state index is 5.42. The molecule has 1 atom stereocenters. The normalized spacial score (nSPS) is 19.6. The molecule has 2 aromatic rings. The van der Waals surface area contributed by atoms with Crippen molar-refractivity contribution < 1.29 is 4.52 Å². The summed E-state index contributed by atoms with van der Waals surface area (Å²) in [5.41, 5.74) is 2.18. The number of nitrogens with one attached hydrogen (secondary N) is 1. The van der Waals surface area contributed by atoms with E-state index in [-0.39, 0.29) is 0 Å². The summed E-state index contributed by atoms with van der Waals surface area (Å²) in [5, 5.41) is 7.47. The highest BCUT2D eigenvalue weighted by atomic mass is 79.9. The summed E-state index contributed by atoms with van der Waals surface area (Å²) < 4.78 is 6.42. The van der Waals surface area contributed by atoms with Crippen LogP contribution in [0.4, 0.5) is 0 Å². The van der Waals surface area contributed by atoms with Gasteiger partial charge in [-0.3, -0.25) is 0 Å². The molecule has 1 aliphatic rings. The van der Waals surface area contributed by atoms with E-state index < -0.39 is 0 Å². The van der Waals surface area contributed by atoms with Gasteiger partial charge in [-0.05, 0) is 44.0 Å². The van der Waals surface area contributed by atoms with Crippen molar-refractivity contribution in [2.24, 2.45) is 0 Å². The molecular formula is C14H16BrN3O. The Morgan fingerprint density at radius 3 is 3.05 bits per heavy atom. The Bertz CT molecular complexity index is 576. The van der Waals surface area contributed by atoms with E-state index in [0.29, 0.717) is 11.7 Å². The molecule has 0 bridgehead atoms. The third kappa shape index (κ3) is 2.72. The van der Waals surface area contributed by atoms with Crippen LogP contribution in [0.5, 0.6) is 0 Å². The van der Waals surface area contributed by atoms with Crippen molar-refractivity contribution in [1.82, 2.24) is 15.5 Å². The van der Waals surface area contributed by atoms with Gasteiger partial charge in [0, 0.05) is 16.6 Å². The molecule has 0 saturated carbocycles. The first-order valence-corrected chi connectivity index (χ1v) is 7.34. The second-order valence-electron chi connectivity index (χ2n) is 4.98. The highest BCUT2D eigenvalue weighted by Crippen LogP contribution is 2.29. The van der Waals surface area contributed by atoms with Gasteiger partial charge in [0.15, 0.2) is 0 Å². The Labute approximate surface area is 120 Å². The maximum absolute atomic E-state index is 5.42. The number of hydrogen-bond acceptors (Lipinski definition) is 4. The van der Waals surface area contributed by atoms with Crippen molar-refractivity contribution in [3.63, 3.8) is 0 Å². The van der Waals surface area contributed by atoms with E-state index in [1.807, 2.05) is 6.07 Å². The molecule has 100 valence electrons. The van der Waals surface area contributed by atoms with Gasteiger partial charge in [0.2, 0.25) is 11.7 Å². The van der Waals surface area contributed by atoms with Crippen LogP contribution in [0, 0.1) is 6.92 Å². The fourth-order valence-corrected chi connectivity index (χ4v) is 3.05. The van der Waals surface area contributed by atoms with E-state index in [2.05, 4.69) is 50.4 Å². The number of aromatic nitrogens is 2. The molecule has 1 fully saturated rings. The average molecular weight is 322 g/mol. The van der Waals surface area contributed by atoms with Crippen LogP contribution in [0.15, 0.2) is 27.2 Å². The van der Waals surface area contributed by atoms with Crippen LogP contribution in [0.25, 0.3) is 11.4 Å². The van der Waals surface area contributed by atoms with Crippen LogP contribution >= 0.6 is 15.9 Å². The minimum Gasteiger partial charge on any atom is -0.339 e. The predicted octanol–water partition coefficient (Wildman–Crippen LogP) is 3.27. The fourth-order valence-electron chi connectivity index (χ4n) is 2.37. The summed E-state index contributed by atoms with van der Waals surface area (Å²) in [6, 6.07) is 6.14. The third-order valence-corrected chi connectivity index (χ3v) is 4.11. The summed E-state index contributed by atoms with van der Waals surface area (Å²) >= 11 is 3.56. The van der Waals surface area contributed by atoms with Crippen LogP contribution in [0.2, 0.25) is 0 Å². The van der Waals surface area contributed by atoms with Gasteiger partial charge in [-0.15, -0.1) is 0 Å². The molecule has 2 heterocycles. The Kier molecular flexibility index (Phi) is 3.66. The molecule has 1 N–H and O–H groups in total. The molecule has 1 aromatic heterocycles. The van der Waals surface area contributed by atoms with E-state index in [4.69, 9.17) is 4.52 Å². The molecule has 1 aromatic carbocycles. The second-order valence-corrected chi connectivity index (χ2v) is 5.84. The van der Waals surface area contributed by atoms with Gasteiger partial charge < -0.3 is 9.84 Å². The zero-order chi connectivity index (χ0) is 13.2. The van der Waals surface area contributed by atoms with Gasteiger partial charge in [-0.1, -0.05) is 27.2 Å². The number of rotatable bonds is 2. The molecule has 0 spiro atoms. The number of benzene rings is 1. The van der Waals surface area contributed by atoms with Gasteiger partial charge in [0.05, 0.1) is 5.92 Å². The van der Waals surface area contributed by atoms with Crippen LogP contribution in [0.3, 0.4) is 0 Å². The highest BCUT2D eigenvalue weighted by Gasteiger charge is 2.22. The average Bonchev–Trinajstić information content (AvgIpc) is 2.89. The van der Waals surface area contributed by atoms with Gasteiger partial charge in [-0.2, -0.15) is 4.98 Å². The van der Waals surface area contributed by atoms with Crippen molar-refractivity contribution in [2.75, 3.05) is 13.1 Å².